The molecule has 0 radical (unpaired) electrons. The predicted molar refractivity (Wildman–Crippen MR) is 101 cm³/mol. The Morgan fingerprint density at radius 3 is 2.63 bits per heavy atom. The summed E-state index contributed by atoms with van der Waals surface area (Å²) in [7, 11) is 0. The highest BCUT2D eigenvalue weighted by Crippen LogP contribution is 2.20. The Balaban J connectivity index is 1.44. The van der Waals surface area contributed by atoms with Gasteiger partial charge in [0.25, 0.3) is 0 Å². The number of likely N-dealkylation sites (tertiary alicyclic amines) is 1. The van der Waals surface area contributed by atoms with Crippen LogP contribution in [-0.4, -0.2) is 66.9 Å². The van der Waals surface area contributed by atoms with E-state index >= 15 is 0 Å². The summed E-state index contributed by atoms with van der Waals surface area (Å²) in [6, 6.07) is 5.82. The molecular weight excluding hydrogens is 349 g/mol. The number of alkyl carbamates (subject to hydrolysis) is 1. The van der Waals surface area contributed by atoms with Crippen molar-refractivity contribution in [2.45, 2.75) is 45.5 Å². The molecule has 2 fully saturated rings. The van der Waals surface area contributed by atoms with Crippen LogP contribution in [0.15, 0.2) is 18.2 Å². The van der Waals surface area contributed by atoms with E-state index in [4.69, 9.17) is 9.47 Å². The molecule has 1 N–H and O–H groups in total. The Kier molecular flexibility index (Phi) is 6.34. The van der Waals surface area contributed by atoms with Gasteiger partial charge < -0.3 is 14.8 Å². The first-order valence-electron chi connectivity index (χ1n) is 9.58. The standard InChI is InChI=1S/C20H30FN3O3/c1-20(2,3)27-19(25)22-11-16-5-4-15(10-18(16)21)12-23-13-17(14-23)24-6-8-26-9-7-24/h4-5,10,17H,6-9,11-14H2,1-3H3,(H,22,25). The number of nitrogens with zero attached hydrogens (tertiary/aromatic N) is 2. The summed E-state index contributed by atoms with van der Waals surface area (Å²) >= 11 is 0. The Morgan fingerprint density at radius 1 is 1.30 bits per heavy atom. The Morgan fingerprint density at radius 2 is 2.00 bits per heavy atom. The number of benzene rings is 1. The van der Waals surface area contributed by atoms with E-state index in [-0.39, 0.29) is 12.4 Å². The third-order valence-electron chi connectivity index (χ3n) is 4.85. The largest absolute Gasteiger partial charge is 0.444 e. The minimum Gasteiger partial charge on any atom is -0.444 e. The molecule has 27 heavy (non-hydrogen) atoms. The number of rotatable bonds is 5. The summed E-state index contributed by atoms with van der Waals surface area (Å²) in [6.07, 6.45) is -0.541. The normalized spacial score (nSPS) is 19.6. The van der Waals surface area contributed by atoms with Crippen LogP contribution >= 0.6 is 0 Å². The lowest BCUT2D eigenvalue weighted by atomic mass is 10.0. The predicted octanol–water partition coefficient (Wildman–Crippen LogP) is 2.37. The Bertz CT molecular complexity index is 650. The maximum Gasteiger partial charge on any atom is 0.407 e. The van der Waals surface area contributed by atoms with E-state index in [0.29, 0.717) is 11.6 Å². The zero-order chi connectivity index (χ0) is 19.4. The maximum atomic E-state index is 14.3. The van der Waals surface area contributed by atoms with Gasteiger partial charge in [-0.15, -0.1) is 0 Å². The highest BCUT2D eigenvalue weighted by Gasteiger charge is 2.32. The fourth-order valence-corrected chi connectivity index (χ4v) is 3.42. The van der Waals surface area contributed by atoms with Gasteiger partial charge >= 0.3 is 6.09 Å². The molecule has 0 bridgehead atoms. The van der Waals surface area contributed by atoms with Crippen LogP contribution in [0.4, 0.5) is 9.18 Å². The zero-order valence-corrected chi connectivity index (χ0v) is 16.5. The van der Waals surface area contributed by atoms with Gasteiger partial charge in [-0.25, -0.2) is 9.18 Å². The first kappa shape index (κ1) is 20.0. The van der Waals surface area contributed by atoms with Crippen LogP contribution in [0.5, 0.6) is 0 Å². The molecule has 3 rings (SSSR count). The maximum absolute atomic E-state index is 14.3. The molecular formula is C20H30FN3O3. The van der Waals surface area contributed by atoms with Crippen LogP contribution in [0.25, 0.3) is 0 Å². The van der Waals surface area contributed by atoms with Crippen molar-refractivity contribution in [3.05, 3.63) is 35.1 Å². The van der Waals surface area contributed by atoms with Crippen molar-refractivity contribution in [3.63, 3.8) is 0 Å². The van der Waals surface area contributed by atoms with Crippen LogP contribution in [-0.2, 0) is 22.6 Å². The quantitative estimate of drug-likeness (QED) is 0.851. The SMILES string of the molecule is CC(C)(C)OC(=O)NCc1ccc(CN2CC(N3CCOCC3)C2)cc1F. The lowest BCUT2D eigenvalue weighted by molar-refractivity contribution is -0.0344. The summed E-state index contributed by atoms with van der Waals surface area (Å²) < 4.78 is 24.9. The first-order chi connectivity index (χ1) is 12.8. The minimum atomic E-state index is -0.567. The van der Waals surface area contributed by atoms with E-state index in [0.717, 1.165) is 51.5 Å². The third kappa shape index (κ3) is 5.89. The van der Waals surface area contributed by atoms with Gasteiger partial charge in [0.2, 0.25) is 0 Å². The monoisotopic (exact) mass is 379 g/mol. The van der Waals surface area contributed by atoms with Crippen LogP contribution in [0.2, 0.25) is 0 Å². The topological polar surface area (TPSA) is 54.0 Å². The molecule has 1 aromatic rings. The average molecular weight is 379 g/mol. The van der Waals surface area contributed by atoms with Gasteiger partial charge in [-0.3, -0.25) is 9.80 Å². The second kappa shape index (κ2) is 8.54. The summed E-state index contributed by atoms with van der Waals surface area (Å²) in [5.41, 5.74) is 0.844. The highest BCUT2D eigenvalue weighted by molar-refractivity contribution is 5.67. The van der Waals surface area contributed by atoms with Gasteiger partial charge in [0.05, 0.1) is 13.2 Å². The molecule has 6 nitrogen and oxygen atoms in total. The van der Waals surface area contributed by atoms with Crippen molar-refractivity contribution in [1.29, 1.82) is 0 Å². The van der Waals surface area contributed by atoms with E-state index in [1.54, 1.807) is 32.9 Å². The van der Waals surface area contributed by atoms with E-state index in [9.17, 15) is 9.18 Å². The fourth-order valence-electron chi connectivity index (χ4n) is 3.42. The minimum absolute atomic E-state index is 0.115. The molecule has 0 spiro atoms. The third-order valence-corrected chi connectivity index (χ3v) is 4.85. The van der Waals surface area contributed by atoms with Crippen LogP contribution in [0, 0.1) is 5.82 Å². The van der Waals surface area contributed by atoms with Crippen LogP contribution < -0.4 is 5.32 Å². The first-order valence-corrected chi connectivity index (χ1v) is 9.58. The summed E-state index contributed by atoms with van der Waals surface area (Å²) in [5.74, 6) is -0.297. The molecule has 0 aromatic heterocycles. The van der Waals surface area contributed by atoms with E-state index in [2.05, 4.69) is 15.1 Å². The van der Waals surface area contributed by atoms with Gasteiger partial charge in [0.15, 0.2) is 0 Å². The van der Waals surface area contributed by atoms with Crippen molar-refractivity contribution in [3.8, 4) is 0 Å². The molecule has 0 aliphatic carbocycles. The molecule has 2 aliphatic rings. The van der Waals surface area contributed by atoms with Crippen molar-refractivity contribution >= 4 is 6.09 Å². The van der Waals surface area contributed by atoms with Crippen LogP contribution in [0.3, 0.4) is 0 Å². The number of morpholine rings is 1. The van der Waals surface area contributed by atoms with Gasteiger partial charge in [-0.05, 0) is 32.4 Å². The number of amides is 1. The summed E-state index contributed by atoms with van der Waals surface area (Å²) in [5, 5.41) is 2.59. The Labute approximate surface area is 160 Å². The van der Waals surface area contributed by atoms with Gasteiger partial charge in [-0.1, -0.05) is 12.1 Å². The number of hydrogen-bond acceptors (Lipinski definition) is 5. The van der Waals surface area contributed by atoms with Crippen molar-refractivity contribution in [2.75, 3.05) is 39.4 Å². The second-order valence-electron chi connectivity index (χ2n) is 8.28. The van der Waals surface area contributed by atoms with E-state index < -0.39 is 11.7 Å². The molecule has 2 heterocycles. The molecule has 0 unspecified atom stereocenters. The van der Waals surface area contributed by atoms with Crippen LogP contribution in [0.1, 0.15) is 31.9 Å². The average Bonchev–Trinajstić information content (AvgIpc) is 2.56. The van der Waals surface area contributed by atoms with E-state index in [1.165, 1.54) is 0 Å². The number of ether oxygens (including phenoxy) is 2. The number of hydrogen-bond donors (Lipinski definition) is 1. The van der Waals surface area contributed by atoms with Gasteiger partial charge in [0, 0.05) is 50.9 Å². The zero-order valence-electron chi connectivity index (χ0n) is 16.5. The smallest absolute Gasteiger partial charge is 0.407 e. The lowest BCUT2D eigenvalue weighted by Crippen LogP contribution is -2.60. The summed E-state index contributed by atoms with van der Waals surface area (Å²) in [4.78, 5) is 16.5. The molecule has 1 aromatic carbocycles. The molecule has 0 saturated carbocycles. The van der Waals surface area contributed by atoms with Crippen molar-refractivity contribution in [2.24, 2.45) is 0 Å². The number of nitrogens with one attached hydrogen (secondary N) is 1. The number of halogens is 1. The molecule has 0 atom stereocenters. The fraction of sp³-hybridized carbons (Fsp3) is 0.650. The van der Waals surface area contributed by atoms with Crippen molar-refractivity contribution < 1.29 is 18.7 Å². The van der Waals surface area contributed by atoms with Crippen molar-refractivity contribution in [1.82, 2.24) is 15.1 Å². The molecule has 2 aliphatic heterocycles. The Hall–Kier alpha value is -1.70. The number of carbonyl (C=O) groups excluding carboxylic acids is 1. The van der Waals surface area contributed by atoms with E-state index in [1.807, 2.05) is 6.07 Å². The number of carbonyl (C=O) groups is 1. The molecule has 7 heteroatoms. The molecule has 1 amide bonds. The molecule has 150 valence electrons. The summed E-state index contributed by atoms with van der Waals surface area (Å²) in [6.45, 7) is 11.9. The van der Waals surface area contributed by atoms with Gasteiger partial charge in [-0.2, -0.15) is 0 Å². The second-order valence-corrected chi connectivity index (χ2v) is 8.28. The lowest BCUT2D eigenvalue weighted by Gasteiger charge is -2.46. The highest BCUT2D eigenvalue weighted by atomic mass is 19.1. The van der Waals surface area contributed by atoms with Gasteiger partial charge in [0.1, 0.15) is 11.4 Å². The molecule has 2 saturated heterocycles.